The summed E-state index contributed by atoms with van der Waals surface area (Å²) in [6, 6.07) is 1.71. The predicted molar refractivity (Wildman–Crippen MR) is 94.0 cm³/mol. The van der Waals surface area contributed by atoms with Crippen LogP contribution in [0.3, 0.4) is 0 Å². The lowest BCUT2D eigenvalue weighted by molar-refractivity contribution is 0.0662. The van der Waals surface area contributed by atoms with Gasteiger partial charge in [0.25, 0.3) is 5.91 Å². The predicted octanol–water partition coefficient (Wildman–Crippen LogP) is 3.04. The highest BCUT2D eigenvalue weighted by atomic mass is 19.2. The number of amides is 1. The molecule has 1 fully saturated rings. The lowest BCUT2D eigenvalue weighted by Crippen LogP contribution is -2.41. The summed E-state index contributed by atoms with van der Waals surface area (Å²) < 4.78 is 45.8. The zero-order valence-electron chi connectivity index (χ0n) is 15.2. The molecular formula is C19H16F3N5O2. The minimum atomic E-state index is -1.65. The number of rotatable bonds is 4. The molecule has 0 N–H and O–H groups in total. The molecule has 150 valence electrons. The van der Waals surface area contributed by atoms with Crippen LogP contribution in [0, 0.1) is 23.4 Å². The van der Waals surface area contributed by atoms with Gasteiger partial charge in [-0.25, -0.2) is 18.2 Å². The Kier molecular flexibility index (Phi) is 5.24. The second-order valence-electron chi connectivity index (χ2n) is 6.79. The van der Waals surface area contributed by atoms with Crippen molar-refractivity contribution in [1.29, 1.82) is 0 Å². The van der Waals surface area contributed by atoms with E-state index in [2.05, 4.69) is 20.1 Å². The fraction of sp³-hybridized carbons (Fsp3) is 0.316. The van der Waals surface area contributed by atoms with Crippen LogP contribution in [-0.2, 0) is 6.42 Å². The van der Waals surface area contributed by atoms with Gasteiger partial charge in [0.15, 0.2) is 17.5 Å². The van der Waals surface area contributed by atoms with Crippen LogP contribution in [0.5, 0.6) is 0 Å². The maximum absolute atomic E-state index is 14.0. The molecule has 0 saturated carbocycles. The van der Waals surface area contributed by atoms with Gasteiger partial charge in [-0.1, -0.05) is 5.16 Å². The topological polar surface area (TPSA) is 85.0 Å². The highest BCUT2D eigenvalue weighted by Crippen LogP contribution is 2.24. The molecule has 0 radical (unpaired) electrons. The number of carbonyl (C=O) groups excluding carboxylic acids is 1. The zero-order valence-corrected chi connectivity index (χ0v) is 15.2. The van der Waals surface area contributed by atoms with E-state index in [1.165, 1.54) is 23.5 Å². The van der Waals surface area contributed by atoms with E-state index >= 15 is 0 Å². The molecule has 2 aromatic heterocycles. The first kappa shape index (κ1) is 19.0. The van der Waals surface area contributed by atoms with E-state index < -0.39 is 28.9 Å². The summed E-state index contributed by atoms with van der Waals surface area (Å²) in [6.45, 7) is 0.725. The molecule has 1 aliphatic heterocycles. The van der Waals surface area contributed by atoms with Gasteiger partial charge in [0.1, 0.15) is 5.69 Å². The summed E-state index contributed by atoms with van der Waals surface area (Å²) in [5.41, 5.74) is 0.00374. The van der Waals surface area contributed by atoms with E-state index in [9.17, 15) is 18.0 Å². The smallest absolute Gasteiger partial charge is 0.256 e. The van der Waals surface area contributed by atoms with Gasteiger partial charge in [0, 0.05) is 31.9 Å². The average molecular weight is 403 g/mol. The summed E-state index contributed by atoms with van der Waals surface area (Å²) in [5, 5.41) is 3.89. The van der Waals surface area contributed by atoms with E-state index in [4.69, 9.17) is 4.52 Å². The molecule has 0 unspecified atom stereocenters. The van der Waals surface area contributed by atoms with Crippen molar-refractivity contribution in [3.05, 3.63) is 59.6 Å². The van der Waals surface area contributed by atoms with E-state index in [1.54, 1.807) is 0 Å². The van der Waals surface area contributed by atoms with Crippen LogP contribution in [0.2, 0.25) is 0 Å². The Bertz CT molecular complexity index is 1030. The minimum absolute atomic E-state index is 0.0104. The number of nitrogens with zero attached hydrogens (tertiary/aromatic N) is 5. The Balaban J connectivity index is 1.44. The van der Waals surface area contributed by atoms with Crippen molar-refractivity contribution in [1.82, 2.24) is 25.0 Å². The van der Waals surface area contributed by atoms with Gasteiger partial charge < -0.3 is 9.42 Å². The molecule has 1 amide bonds. The third-order valence-electron chi connectivity index (χ3n) is 4.80. The van der Waals surface area contributed by atoms with Gasteiger partial charge >= 0.3 is 0 Å². The number of hydrogen-bond donors (Lipinski definition) is 0. The monoisotopic (exact) mass is 403 g/mol. The molecule has 1 aromatic carbocycles. The van der Waals surface area contributed by atoms with Crippen molar-refractivity contribution in [3.63, 3.8) is 0 Å². The van der Waals surface area contributed by atoms with Crippen LogP contribution in [0.25, 0.3) is 11.5 Å². The number of aromatic nitrogens is 4. The fourth-order valence-electron chi connectivity index (χ4n) is 3.38. The number of halogens is 3. The highest BCUT2D eigenvalue weighted by Gasteiger charge is 2.29. The summed E-state index contributed by atoms with van der Waals surface area (Å²) >= 11 is 0. The molecule has 4 rings (SSSR count). The van der Waals surface area contributed by atoms with Crippen molar-refractivity contribution in [2.75, 3.05) is 13.1 Å². The van der Waals surface area contributed by atoms with Gasteiger partial charge in [-0.05, 0) is 30.9 Å². The van der Waals surface area contributed by atoms with Gasteiger partial charge in [-0.3, -0.25) is 9.78 Å². The number of piperidine rings is 1. The molecule has 7 nitrogen and oxygen atoms in total. The second kappa shape index (κ2) is 7.98. The summed E-state index contributed by atoms with van der Waals surface area (Å²) in [7, 11) is 0. The maximum Gasteiger partial charge on any atom is 0.256 e. The fourth-order valence-corrected chi connectivity index (χ4v) is 3.38. The number of likely N-dealkylation sites (tertiary alicyclic amines) is 1. The molecule has 10 heteroatoms. The SMILES string of the molecule is O=C(c1ccc(F)c(F)c1F)N1CCC[C@H](Cc2nc(-c3cnccn3)no2)C1. The van der Waals surface area contributed by atoms with Gasteiger partial charge in [-0.2, -0.15) is 4.98 Å². The zero-order chi connectivity index (χ0) is 20.4. The first-order valence-corrected chi connectivity index (χ1v) is 9.04. The minimum Gasteiger partial charge on any atom is -0.339 e. The number of benzene rings is 1. The van der Waals surface area contributed by atoms with Crippen LogP contribution in [0.4, 0.5) is 13.2 Å². The van der Waals surface area contributed by atoms with Crippen molar-refractivity contribution in [2.45, 2.75) is 19.3 Å². The second-order valence-corrected chi connectivity index (χ2v) is 6.79. The lowest BCUT2D eigenvalue weighted by Gasteiger charge is -2.32. The number of carbonyl (C=O) groups is 1. The van der Waals surface area contributed by atoms with Crippen LogP contribution in [0.15, 0.2) is 35.2 Å². The molecular weight excluding hydrogens is 387 g/mol. The average Bonchev–Trinajstić information content (AvgIpc) is 3.21. The van der Waals surface area contributed by atoms with Crippen molar-refractivity contribution >= 4 is 5.91 Å². The molecule has 0 aliphatic carbocycles. The van der Waals surface area contributed by atoms with Crippen molar-refractivity contribution in [2.24, 2.45) is 5.92 Å². The summed E-state index contributed by atoms with van der Waals surface area (Å²) in [6.07, 6.45) is 6.50. The molecule has 1 atom stereocenters. The Morgan fingerprint density at radius 1 is 1.21 bits per heavy atom. The molecule has 1 aliphatic rings. The summed E-state index contributed by atoms with van der Waals surface area (Å²) in [5.74, 6) is -4.39. The molecule has 3 aromatic rings. The van der Waals surface area contributed by atoms with Gasteiger partial charge in [-0.15, -0.1) is 0 Å². The van der Waals surface area contributed by atoms with Crippen molar-refractivity contribution < 1.29 is 22.5 Å². The van der Waals surface area contributed by atoms with E-state index in [1.807, 2.05) is 0 Å². The van der Waals surface area contributed by atoms with Crippen LogP contribution in [0.1, 0.15) is 29.1 Å². The maximum atomic E-state index is 14.0. The normalized spacial score (nSPS) is 16.8. The first-order valence-electron chi connectivity index (χ1n) is 9.04. The van der Waals surface area contributed by atoms with Crippen LogP contribution in [-0.4, -0.2) is 44.0 Å². The van der Waals surface area contributed by atoms with Crippen LogP contribution < -0.4 is 0 Å². The Hall–Kier alpha value is -3.30. The molecule has 0 bridgehead atoms. The molecule has 29 heavy (non-hydrogen) atoms. The lowest BCUT2D eigenvalue weighted by atomic mass is 9.94. The Labute approximate surface area is 163 Å². The standard InChI is InChI=1S/C19H16F3N5O2/c20-13-4-3-12(16(21)17(13)22)19(28)27-7-1-2-11(10-27)8-15-25-18(26-29-15)14-9-23-5-6-24-14/h3-6,9,11H,1-2,7-8,10H2/t11-/m1/s1. The quantitative estimate of drug-likeness (QED) is 0.623. The van der Waals surface area contributed by atoms with Crippen molar-refractivity contribution in [3.8, 4) is 11.5 Å². The largest absolute Gasteiger partial charge is 0.339 e. The highest BCUT2D eigenvalue weighted by molar-refractivity contribution is 5.94. The third-order valence-corrected chi connectivity index (χ3v) is 4.80. The van der Waals surface area contributed by atoms with Crippen LogP contribution >= 0.6 is 0 Å². The Morgan fingerprint density at radius 3 is 2.86 bits per heavy atom. The van der Waals surface area contributed by atoms with E-state index in [-0.39, 0.29) is 5.92 Å². The summed E-state index contributed by atoms with van der Waals surface area (Å²) in [4.78, 5) is 26.4. The van der Waals surface area contributed by atoms with Gasteiger partial charge in [0.2, 0.25) is 11.7 Å². The first-order chi connectivity index (χ1) is 14.0. The molecule has 3 heterocycles. The van der Waals surface area contributed by atoms with Gasteiger partial charge in [0.05, 0.1) is 11.8 Å². The van der Waals surface area contributed by atoms with E-state index in [0.717, 1.165) is 18.6 Å². The third kappa shape index (κ3) is 3.96. The molecule has 1 saturated heterocycles. The van der Waals surface area contributed by atoms with E-state index in [0.29, 0.717) is 43.3 Å². The molecule has 0 spiro atoms. The Morgan fingerprint density at radius 2 is 2.07 bits per heavy atom. The number of hydrogen-bond acceptors (Lipinski definition) is 6.